The Labute approximate surface area is 129 Å². The van der Waals surface area contributed by atoms with Gasteiger partial charge in [0.1, 0.15) is 0 Å². The third kappa shape index (κ3) is 4.43. The molecule has 0 saturated carbocycles. The summed E-state index contributed by atoms with van der Waals surface area (Å²) in [6, 6.07) is 0. The molecule has 0 aromatic carbocycles. The predicted molar refractivity (Wildman–Crippen MR) is 83.9 cm³/mol. The zero-order chi connectivity index (χ0) is 15.2. The lowest BCUT2D eigenvalue weighted by atomic mass is 10.3. The van der Waals surface area contributed by atoms with Gasteiger partial charge in [-0.25, -0.2) is 0 Å². The second-order valence-electron chi connectivity index (χ2n) is 4.18. The maximum atomic E-state index is 5.44. The van der Waals surface area contributed by atoms with Crippen molar-refractivity contribution in [2.24, 2.45) is 0 Å². The second-order valence-corrected chi connectivity index (χ2v) is 8.39. The molecule has 10 heteroatoms. The Hall–Kier alpha value is -0.653. The van der Waals surface area contributed by atoms with E-state index in [4.69, 9.17) is 37.7 Å². The summed E-state index contributed by atoms with van der Waals surface area (Å²) in [5, 5.41) is 3.14. The van der Waals surface area contributed by atoms with E-state index in [1.807, 2.05) is 6.92 Å². The lowest BCUT2D eigenvalue weighted by Gasteiger charge is -2.30. The molecule has 1 rings (SSSR count). The van der Waals surface area contributed by atoms with Gasteiger partial charge >= 0.3 is 8.80 Å². The van der Waals surface area contributed by atoms with Gasteiger partial charge in [0, 0.05) is 33.4 Å². The lowest BCUT2D eigenvalue weighted by Crippen LogP contribution is -2.47. The van der Waals surface area contributed by atoms with Crippen LogP contribution in [0.5, 0.6) is 0 Å². The van der Waals surface area contributed by atoms with Crippen molar-refractivity contribution >= 4 is 39.2 Å². The minimum absolute atomic E-state index is 0.149. The smallest absolute Gasteiger partial charge is 0.377 e. The minimum atomic E-state index is -2.60. The first kappa shape index (κ1) is 17.4. The van der Waals surface area contributed by atoms with Crippen LogP contribution in [0, 0.1) is 9.54 Å². The lowest BCUT2D eigenvalue weighted by molar-refractivity contribution is 0.112. The van der Waals surface area contributed by atoms with Crippen LogP contribution in [0.2, 0.25) is 5.54 Å². The first-order chi connectivity index (χ1) is 9.47. The fraction of sp³-hybridized carbons (Fsp3) is 0.700. The van der Waals surface area contributed by atoms with Crippen molar-refractivity contribution < 1.29 is 13.3 Å². The van der Waals surface area contributed by atoms with E-state index in [1.165, 1.54) is 0 Å². The fourth-order valence-electron chi connectivity index (χ4n) is 1.91. The Morgan fingerprint density at radius 2 is 1.80 bits per heavy atom. The van der Waals surface area contributed by atoms with Gasteiger partial charge in [-0.15, -0.1) is 0 Å². The van der Waals surface area contributed by atoms with Crippen LogP contribution >= 0.6 is 24.4 Å². The van der Waals surface area contributed by atoms with Gasteiger partial charge in [-0.2, -0.15) is 4.98 Å². The average Bonchev–Trinajstić information content (AvgIpc) is 2.40. The molecule has 114 valence electrons. The van der Waals surface area contributed by atoms with Gasteiger partial charge in [-0.3, -0.25) is 0 Å². The van der Waals surface area contributed by atoms with Gasteiger partial charge in [0.25, 0.3) is 0 Å². The van der Waals surface area contributed by atoms with E-state index in [2.05, 4.69) is 20.3 Å². The highest BCUT2D eigenvalue weighted by atomic mass is 32.1. The third-order valence-electron chi connectivity index (χ3n) is 2.99. The number of anilines is 1. The summed E-state index contributed by atoms with van der Waals surface area (Å²) in [4.78, 5) is 9.72. The van der Waals surface area contributed by atoms with Crippen LogP contribution < -0.4 is 5.32 Å². The number of nitrogens with one attached hydrogen (secondary N) is 3. The van der Waals surface area contributed by atoms with E-state index < -0.39 is 8.80 Å². The van der Waals surface area contributed by atoms with Gasteiger partial charge in [-0.1, -0.05) is 6.92 Å². The Balaban J connectivity index is 2.59. The number of rotatable bonds is 8. The van der Waals surface area contributed by atoms with Crippen molar-refractivity contribution in [1.29, 1.82) is 0 Å². The van der Waals surface area contributed by atoms with Gasteiger partial charge < -0.3 is 28.6 Å². The maximum Gasteiger partial charge on any atom is 0.503 e. The van der Waals surface area contributed by atoms with E-state index in [0.717, 1.165) is 6.42 Å². The summed E-state index contributed by atoms with van der Waals surface area (Å²) < 4.78 is 17.1. The van der Waals surface area contributed by atoms with Gasteiger partial charge in [0.2, 0.25) is 10.7 Å². The zero-order valence-corrected chi connectivity index (χ0v) is 14.6. The standard InChI is InChI=1S/C10H20N4O3S2Si/c1-7(20(15-2,16-3)17-4)5-6-11-8-12-9(18)14-10(19)13-8/h7H,5-6H2,1-4H3,(H3,11,12,13,14,18,19). The van der Waals surface area contributed by atoms with E-state index >= 15 is 0 Å². The highest BCUT2D eigenvalue weighted by molar-refractivity contribution is 7.71. The molecular formula is C10H20N4O3S2Si. The molecule has 1 unspecified atom stereocenters. The summed E-state index contributed by atoms with van der Waals surface area (Å²) in [7, 11) is 2.23. The third-order valence-corrected chi connectivity index (χ3v) is 6.59. The van der Waals surface area contributed by atoms with Crippen molar-refractivity contribution in [3.8, 4) is 0 Å². The molecule has 0 saturated heterocycles. The molecule has 0 amide bonds. The van der Waals surface area contributed by atoms with Crippen LogP contribution in [0.15, 0.2) is 0 Å². The number of hydrogen-bond donors (Lipinski definition) is 3. The molecule has 7 nitrogen and oxygen atoms in total. The molecule has 0 aliphatic heterocycles. The fourth-order valence-corrected chi connectivity index (χ4v) is 4.57. The van der Waals surface area contributed by atoms with Crippen LogP contribution in [0.25, 0.3) is 0 Å². The molecule has 0 aliphatic carbocycles. The summed E-state index contributed by atoms with van der Waals surface area (Å²) in [6.07, 6.45) is 0.801. The monoisotopic (exact) mass is 336 g/mol. The number of aromatic amines is 2. The van der Waals surface area contributed by atoms with Crippen LogP contribution in [0.3, 0.4) is 0 Å². The maximum absolute atomic E-state index is 5.44. The molecule has 1 aromatic heterocycles. The molecule has 0 fully saturated rings. The van der Waals surface area contributed by atoms with Crippen LogP contribution in [0.4, 0.5) is 5.95 Å². The summed E-state index contributed by atoms with van der Waals surface area (Å²) in [5.74, 6) is 0.547. The van der Waals surface area contributed by atoms with Crippen LogP contribution in [-0.2, 0) is 13.3 Å². The SMILES string of the molecule is CO[Si](OC)(OC)C(C)CCNc1nc(=S)[nH]c(=S)[nH]1. The molecule has 0 radical (unpaired) electrons. The highest BCUT2D eigenvalue weighted by Crippen LogP contribution is 2.26. The number of hydrogen-bond acceptors (Lipinski definition) is 7. The Morgan fingerprint density at radius 3 is 2.30 bits per heavy atom. The molecule has 0 bridgehead atoms. The molecule has 20 heavy (non-hydrogen) atoms. The molecular weight excluding hydrogens is 316 g/mol. The number of H-pyrrole nitrogens is 2. The highest BCUT2D eigenvalue weighted by Gasteiger charge is 2.44. The normalized spacial score (nSPS) is 13.2. The van der Waals surface area contributed by atoms with E-state index in [1.54, 1.807) is 21.3 Å². The molecule has 1 heterocycles. The van der Waals surface area contributed by atoms with Crippen LogP contribution in [0.1, 0.15) is 13.3 Å². The summed E-state index contributed by atoms with van der Waals surface area (Å²) >= 11 is 9.95. The van der Waals surface area contributed by atoms with Crippen molar-refractivity contribution in [2.75, 3.05) is 33.2 Å². The van der Waals surface area contributed by atoms with E-state index in [0.29, 0.717) is 22.0 Å². The minimum Gasteiger partial charge on any atom is -0.377 e. The van der Waals surface area contributed by atoms with Gasteiger partial charge in [0.05, 0.1) is 0 Å². The largest absolute Gasteiger partial charge is 0.503 e. The first-order valence-electron chi connectivity index (χ1n) is 6.07. The average molecular weight is 337 g/mol. The molecule has 3 N–H and O–H groups in total. The molecule has 1 atom stereocenters. The molecule has 0 spiro atoms. The van der Waals surface area contributed by atoms with Crippen molar-refractivity contribution in [3.05, 3.63) is 9.54 Å². The van der Waals surface area contributed by atoms with E-state index in [9.17, 15) is 0 Å². The quantitative estimate of drug-likeness (QED) is 0.496. The van der Waals surface area contributed by atoms with Crippen molar-refractivity contribution in [3.63, 3.8) is 0 Å². The number of nitrogens with zero attached hydrogens (tertiary/aromatic N) is 1. The second kappa shape index (κ2) is 7.95. The number of aromatic nitrogens is 3. The zero-order valence-electron chi connectivity index (χ0n) is 12.0. The predicted octanol–water partition coefficient (Wildman–Crippen LogP) is 2.27. The Bertz CT molecular complexity index is 495. The van der Waals surface area contributed by atoms with Crippen molar-refractivity contribution in [1.82, 2.24) is 15.0 Å². The summed E-state index contributed by atoms with van der Waals surface area (Å²) in [6.45, 7) is 2.71. The topological polar surface area (TPSA) is 84.2 Å². The van der Waals surface area contributed by atoms with Crippen molar-refractivity contribution in [2.45, 2.75) is 18.9 Å². The van der Waals surface area contributed by atoms with Gasteiger partial charge in [-0.05, 0) is 30.9 Å². The van der Waals surface area contributed by atoms with E-state index in [-0.39, 0.29) is 5.54 Å². The first-order valence-corrected chi connectivity index (χ1v) is 8.69. The Kier molecular flexibility index (Phi) is 6.92. The molecule has 0 aliphatic rings. The van der Waals surface area contributed by atoms with Crippen LogP contribution in [-0.4, -0.2) is 51.6 Å². The van der Waals surface area contributed by atoms with Gasteiger partial charge in [0.15, 0.2) is 4.77 Å². The molecule has 1 aromatic rings. The summed E-state index contributed by atoms with van der Waals surface area (Å²) in [5.41, 5.74) is 0.149. The Morgan fingerprint density at radius 1 is 1.20 bits per heavy atom.